The first kappa shape index (κ1) is 11.3. The summed E-state index contributed by atoms with van der Waals surface area (Å²) in [6.07, 6.45) is 3.30. The predicted octanol–water partition coefficient (Wildman–Crippen LogP) is -0.135. The van der Waals surface area contributed by atoms with E-state index in [2.05, 4.69) is 14.6 Å². The lowest BCUT2D eigenvalue weighted by Crippen LogP contribution is -2.23. The molecule has 0 saturated carbocycles. The highest BCUT2D eigenvalue weighted by Gasteiger charge is 1.92. The van der Waals surface area contributed by atoms with Crippen LogP contribution >= 0.6 is 9.24 Å². The quantitative estimate of drug-likeness (QED) is 0.375. The van der Waals surface area contributed by atoms with Crippen LogP contribution in [0.25, 0.3) is 0 Å². The molecule has 0 bridgehead atoms. The van der Waals surface area contributed by atoms with Crippen molar-refractivity contribution in [2.45, 2.75) is 25.0 Å². The third kappa shape index (κ3) is 10.3. The van der Waals surface area contributed by atoms with Crippen LogP contribution in [0, 0.1) is 0 Å². The van der Waals surface area contributed by atoms with Crippen molar-refractivity contribution in [1.82, 2.24) is 5.32 Å². The lowest BCUT2D eigenvalue weighted by atomic mass is 10.3. The van der Waals surface area contributed by atoms with Crippen molar-refractivity contribution in [3.05, 3.63) is 0 Å². The summed E-state index contributed by atoms with van der Waals surface area (Å²) in [5.74, 6) is 0.233. The van der Waals surface area contributed by atoms with E-state index in [1.165, 1.54) is 6.42 Å². The molecular formula is C7H20N3P. The van der Waals surface area contributed by atoms with Crippen molar-refractivity contribution in [3.63, 3.8) is 0 Å². The number of unbranched alkanes of at least 4 members (excludes halogenated alkanes) is 1. The van der Waals surface area contributed by atoms with E-state index in [9.17, 15) is 0 Å². The molecule has 2 unspecified atom stereocenters. The topological polar surface area (TPSA) is 64.1 Å². The van der Waals surface area contributed by atoms with E-state index in [-0.39, 0.29) is 5.78 Å². The number of nitrogens with one attached hydrogen (secondary N) is 1. The first-order chi connectivity index (χ1) is 5.27. The van der Waals surface area contributed by atoms with Gasteiger partial charge in [0.25, 0.3) is 0 Å². The fourth-order valence-electron chi connectivity index (χ4n) is 0.788. The van der Waals surface area contributed by atoms with Gasteiger partial charge in [0, 0.05) is 5.78 Å². The monoisotopic (exact) mass is 177 g/mol. The fraction of sp³-hybridized carbons (Fsp3) is 1.00. The van der Waals surface area contributed by atoms with Gasteiger partial charge in [-0.2, -0.15) is 0 Å². The first-order valence-corrected chi connectivity index (χ1v) is 4.86. The molecule has 0 aromatic rings. The van der Waals surface area contributed by atoms with Crippen molar-refractivity contribution >= 4 is 9.24 Å². The Morgan fingerprint density at radius 1 is 1.27 bits per heavy atom. The minimum atomic E-state index is 0.233. The molecule has 11 heavy (non-hydrogen) atoms. The minimum absolute atomic E-state index is 0.233. The Labute approximate surface area is 71.5 Å². The molecule has 0 aliphatic rings. The van der Waals surface area contributed by atoms with Crippen molar-refractivity contribution in [1.29, 1.82) is 0 Å². The van der Waals surface area contributed by atoms with Crippen LogP contribution in [0.3, 0.4) is 0 Å². The zero-order chi connectivity index (χ0) is 8.53. The van der Waals surface area contributed by atoms with Gasteiger partial charge in [-0.1, -0.05) is 0 Å². The van der Waals surface area contributed by atoms with Gasteiger partial charge in [0.2, 0.25) is 0 Å². The van der Waals surface area contributed by atoms with Gasteiger partial charge in [-0.25, -0.2) is 0 Å². The SMILES string of the molecule is NCCCCNCCC(N)P. The molecule has 0 amide bonds. The maximum Gasteiger partial charge on any atom is 0.0196 e. The first-order valence-electron chi connectivity index (χ1n) is 4.19. The molecule has 4 heteroatoms. The average Bonchev–Trinajstić information content (AvgIpc) is 1.96. The summed E-state index contributed by atoms with van der Waals surface area (Å²) in [6, 6.07) is 0. The van der Waals surface area contributed by atoms with Gasteiger partial charge in [-0.15, -0.1) is 9.24 Å². The summed E-state index contributed by atoms with van der Waals surface area (Å²) in [5.41, 5.74) is 10.9. The zero-order valence-corrected chi connectivity index (χ0v) is 8.21. The van der Waals surface area contributed by atoms with Crippen LogP contribution in [0.5, 0.6) is 0 Å². The Hall–Kier alpha value is 0.310. The van der Waals surface area contributed by atoms with Crippen LogP contribution in [0.1, 0.15) is 19.3 Å². The molecule has 2 atom stereocenters. The normalized spacial score (nSPS) is 13.4. The summed E-state index contributed by atoms with van der Waals surface area (Å²) in [7, 11) is 2.58. The van der Waals surface area contributed by atoms with Gasteiger partial charge in [0.15, 0.2) is 0 Å². The molecule has 0 radical (unpaired) electrons. The summed E-state index contributed by atoms with van der Waals surface area (Å²) in [6.45, 7) is 2.87. The molecule has 0 fully saturated rings. The van der Waals surface area contributed by atoms with Gasteiger partial charge in [-0.05, 0) is 38.9 Å². The van der Waals surface area contributed by atoms with Gasteiger partial charge in [0.1, 0.15) is 0 Å². The van der Waals surface area contributed by atoms with E-state index >= 15 is 0 Å². The standard InChI is InChI=1S/C7H20N3P/c8-4-1-2-5-10-6-3-7(9)11/h7,10H,1-6,8-9,11H2. The number of nitrogens with two attached hydrogens (primary N) is 2. The minimum Gasteiger partial charge on any atom is -0.330 e. The molecule has 0 aliphatic carbocycles. The molecule has 0 aromatic carbocycles. The smallest absolute Gasteiger partial charge is 0.0196 e. The van der Waals surface area contributed by atoms with E-state index in [0.717, 1.165) is 32.5 Å². The lowest BCUT2D eigenvalue weighted by molar-refractivity contribution is 0.602. The van der Waals surface area contributed by atoms with Crippen LogP contribution in [0.4, 0.5) is 0 Å². The Balaban J connectivity index is 2.80. The van der Waals surface area contributed by atoms with Gasteiger partial charge >= 0.3 is 0 Å². The van der Waals surface area contributed by atoms with E-state index in [0.29, 0.717) is 0 Å². The second-order valence-corrected chi connectivity index (χ2v) is 3.55. The van der Waals surface area contributed by atoms with Crippen LogP contribution in [-0.4, -0.2) is 25.4 Å². The highest BCUT2D eigenvalue weighted by atomic mass is 31.0. The third-order valence-electron chi connectivity index (χ3n) is 1.46. The van der Waals surface area contributed by atoms with Crippen molar-refractivity contribution in [2.24, 2.45) is 11.5 Å². The van der Waals surface area contributed by atoms with Gasteiger partial charge in [0.05, 0.1) is 0 Å². The average molecular weight is 177 g/mol. The fourth-order valence-corrected chi connectivity index (χ4v) is 0.955. The molecule has 0 heterocycles. The van der Waals surface area contributed by atoms with E-state index in [1.54, 1.807) is 0 Å². The molecule has 0 aromatic heterocycles. The number of hydrogen-bond acceptors (Lipinski definition) is 3. The summed E-state index contributed by atoms with van der Waals surface area (Å²) < 4.78 is 0. The van der Waals surface area contributed by atoms with Crippen LogP contribution in [0.15, 0.2) is 0 Å². The van der Waals surface area contributed by atoms with Gasteiger partial charge in [-0.3, -0.25) is 0 Å². The van der Waals surface area contributed by atoms with Crippen molar-refractivity contribution < 1.29 is 0 Å². The Morgan fingerprint density at radius 2 is 2.00 bits per heavy atom. The Morgan fingerprint density at radius 3 is 2.55 bits per heavy atom. The molecule has 0 saturated heterocycles. The predicted molar refractivity (Wildman–Crippen MR) is 53.5 cm³/mol. The molecule has 5 N–H and O–H groups in total. The largest absolute Gasteiger partial charge is 0.330 e. The highest BCUT2D eigenvalue weighted by Crippen LogP contribution is 1.94. The Kier molecular flexibility index (Phi) is 8.64. The summed E-state index contributed by atoms with van der Waals surface area (Å²) >= 11 is 0. The molecular weight excluding hydrogens is 157 g/mol. The molecule has 68 valence electrons. The van der Waals surface area contributed by atoms with Crippen molar-refractivity contribution in [2.75, 3.05) is 19.6 Å². The number of rotatable bonds is 7. The van der Waals surface area contributed by atoms with Crippen molar-refractivity contribution in [3.8, 4) is 0 Å². The van der Waals surface area contributed by atoms with Crippen LogP contribution < -0.4 is 16.8 Å². The van der Waals surface area contributed by atoms with Crippen LogP contribution in [0.2, 0.25) is 0 Å². The maximum absolute atomic E-state index is 5.54. The van der Waals surface area contributed by atoms with E-state index in [4.69, 9.17) is 11.5 Å². The van der Waals surface area contributed by atoms with E-state index < -0.39 is 0 Å². The molecule has 3 nitrogen and oxygen atoms in total. The zero-order valence-electron chi connectivity index (χ0n) is 7.05. The highest BCUT2D eigenvalue weighted by molar-refractivity contribution is 7.17. The number of hydrogen-bond donors (Lipinski definition) is 3. The molecule has 0 rings (SSSR count). The van der Waals surface area contributed by atoms with E-state index in [1.807, 2.05) is 0 Å². The molecule has 0 aliphatic heterocycles. The third-order valence-corrected chi connectivity index (χ3v) is 1.80. The Bertz CT molecular complexity index is 78.1. The lowest BCUT2D eigenvalue weighted by Gasteiger charge is -2.05. The van der Waals surface area contributed by atoms with Crippen LogP contribution in [-0.2, 0) is 0 Å². The molecule has 0 spiro atoms. The maximum atomic E-state index is 5.54. The summed E-state index contributed by atoms with van der Waals surface area (Å²) in [4.78, 5) is 0. The summed E-state index contributed by atoms with van der Waals surface area (Å²) in [5, 5.41) is 3.30. The van der Waals surface area contributed by atoms with Gasteiger partial charge < -0.3 is 16.8 Å². The second kappa shape index (κ2) is 8.41. The second-order valence-electron chi connectivity index (χ2n) is 2.70.